The molecule has 1 aromatic heterocycles. The van der Waals surface area contributed by atoms with Crippen LogP contribution < -0.4 is 4.74 Å². The van der Waals surface area contributed by atoms with Gasteiger partial charge in [0.05, 0.1) is 15.8 Å². The van der Waals surface area contributed by atoms with Gasteiger partial charge in [-0.15, -0.1) is 11.3 Å². The summed E-state index contributed by atoms with van der Waals surface area (Å²) in [5.74, 6) is 0.725. The second kappa shape index (κ2) is 7.04. The molecule has 0 radical (unpaired) electrons. The summed E-state index contributed by atoms with van der Waals surface area (Å²) in [6.45, 7) is 0.474. The maximum absolute atomic E-state index is 12.8. The molecule has 0 aliphatic rings. The number of hydrogen-bond acceptors (Lipinski definition) is 3. The molecular weight excluding hydrogens is 371 g/mol. The summed E-state index contributed by atoms with van der Waals surface area (Å²) in [6, 6.07) is 20.9. The lowest BCUT2D eigenvalue weighted by molar-refractivity contribution is -0.137. The van der Waals surface area contributed by atoms with Crippen molar-refractivity contribution in [3.8, 4) is 16.3 Å². The number of alkyl halides is 3. The number of hydrogen-bond donors (Lipinski definition) is 0. The number of aromatic nitrogens is 1. The van der Waals surface area contributed by atoms with Crippen molar-refractivity contribution in [2.75, 3.05) is 0 Å². The highest BCUT2D eigenvalue weighted by molar-refractivity contribution is 7.21. The Morgan fingerprint density at radius 3 is 2.33 bits per heavy atom. The standard InChI is InChI=1S/C21H14F3NOS/c22-21(23,24)16-8-11-19-18(12-16)25-20(27-19)15-6-9-17(10-7-15)26-13-14-4-2-1-3-5-14/h1-12H,13H2. The molecular formula is C21H14F3NOS. The predicted octanol–water partition coefficient (Wildman–Crippen LogP) is 6.56. The van der Waals surface area contributed by atoms with Crippen LogP contribution >= 0.6 is 11.3 Å². The second-order valence-corrected chi connectivity index (χ2v) is 7.03. The summed E-state index contributed by atoms with van der Waals surface area (Å²) in [5.41, 5.74) is 1.59. The highest BCUT2D eigenvalue weighted by Crippen LogP contribution is 2.35. The summed E-state index contributed by atoms with van der Waals surface area (Å²) in [5, 5.41) is 0.680. The number of ether oxygens (including phenoxy) is 1. The largest absolute Gasteiger partial charge is 0.489 e. The summed E-state index contributed by atoms with van der Waals surface area (Å²) in [7, 11) is 0. The molecule has 0 N–H and O–H groups in total. The maximum atomic E-state index is 12.8. The molecule has 136 valence electrons. The highest BCUT2D eigenvalue weighted by atomic mass is 32.1. The third kappa shape index (κ3) is 3.95. The number of nitrogens with zero attached hydrogens (tertiary/aromatic N) is 1. The molecule has 0 saturated heterocycles. The molecule has 0 fully saturated rings. The summed E-state index contributed by atoms with van der Waals surface area (Å²) >= 11 is 1.37. The molecule has 6 heteroatoms. The van der Waals surface area contributed by atoms with Gasteiger partial charge in [0, 0.05) is 5.56 Å². The van der Waals surface area contributed by atoms with Crippen molar-refractivity contribution in [2.24, 2.45) is 0 Å². The predicted molar refractivity (Wildman–Crippen MR) is 101 cm³/mol. The number of halogens is 3. The second-order valence-electron chi connectivity index (χ2n) is 6.00. The molecule has 4 rings (SSSR count). The van der Waals surface area contributed by atoms with Crippen LogP contribution in [0.25, 0.3) is 20.8 Å². The zero-order valence-electron chi connectivity index (χ0n) is 14.0. The van der Waals surface area contributed by atoms with Crippen molar-refractivity contribution in [3.05, 3.63) is 83.9 Å². The normalized spacial score (nSPS) is 11.7. The Morgan fingerprint density at radius 1 is 0.889 bits per heavy atom. The van der Waals surface area contributed by atoms with Gasteiger partial charge in [0.15, 0.2) is 0 Å². The molecule has 0 saturated carbocycles. The Hall–Kier alpha value is -2.86. The van der Waals surface area contributed by atoms with Gasteiger partial charge in [-0.1, -0.05) is 30.3 Å². The first-order valence-corrected chi connectivity index (χ1v) is 9.06. The fourth-order valence-electron chi connectivity index (χ4n) is 2.66. The van der Waals surface area contributed by atoms with Gasteiger partial charge in [0.1, 0.15) is 17.4 Å². The molecule has 0 bridgehead atoms. The van der Waals surface area contributed by atoms with Crippen LogP contribution in [0.5, 0.6) is 5.75 Å². The fourth-order valence-corrected chi connectivity index (χ4v) is 3.61. The molecule has 0 aliphatic heterocycles. The summed E-state index contributed by atoms with van der Waals surface area (Å²) in [4.78, 5) is 4.36. The van der Waals surface area contributed by atoms with E-state index in [0.29, 0.717) is 17.1 Å². The van der Waals surface area contributed by atoms with Crippen LogP contribution in [0.15, 0.2) is 72.8 Å². The van der Waals surface area contributed by atoms with Crippen LogP contribution in [0.3, 0.4) is 0 Å². The minimum atomic E-state index is -4.37. The van der Waals surface area contributed by atoms with Crippen molar-refractivity contribution in [2.45, 2.75) is 12.8 Å². The first-order valence-electron chi connectivity index (χ1n) is 8.24. The average molecular weight is 385 g/mol. The minimum Gasteiger partial charge on any atom is -0.489 e. The van der Waals surface area contributed by atoms with Crippen LogP contribution in [0.2, 0.25) is 0 Å². The molecule has 27 heavy (non-hydrogen) atoms. The van der Waals surface area contributed by atoms with Crippen LogP contribution in [0.4, 0.5) is 13.2 Å². The van der Waals surface area contributed by atoms with Gasteiger partial charge < -0.3 is 4.74 Å². The molecule has 0 atom stereocenters. The van der Waals surface area contributed by atoms with Crippen molar-refractivity contribution in [1.82, 2.24) is 4.98 Å². The Kier molecular flexibility index (Phi) is 4.58. The number of benzene rings is 3. The van der Waals surface area contributed by atoms with E-state index >= 15 is 0 Å². The molecule has 0 amide bonds. The van der Waals surface area contributed by atoms with E-state index in [9.17, 15) is 13.2 Å². The molecule has 0 unspecified atom stereocenters. The third-order valence-electron chi connectivity index (χ3n) is 4.06. The van der Waals surface area contributed by atoms with Gasteiger partial charge in [-0.25, -0.2) is 4.98 Å². The monoisotopic (exact) mass is 385 g/mol. The van der Waals surface area contributed by atoms with Crippen molar-refractivity contribution in [1.29, 1.82) is 0 Å². The van der Waals surface area contributed by atoms with Gasteiger partial charge in [-0.05, 0) is 48.0 Å². The van der Waals surface area contributed by atoms with E-state index in [2.05, 4.69) is 4.98 Å². The minimum absolute atomic E-state index is 0.356. The topological polar surface area (TPSA) is 22.1 Å². The molecule has 0 spiro atoms. The summed E-state index contributed by atoms with van der Waals surface area (Å²) < 4.78 is 45.0. The van der Waals surface area contributed by atoms with Crippen LogP contribution in [-0.4, -0.2) is 4.98 Å². The quantitative estimate of drug-likeness (QED) is 0.397. The van der Waals surface area contributed by atoms with Crippen molar-refractivity contribution < 1.29 is 17.9 Å². The van der Waals surface area contributed by atoms with Gasteiger partial charge in [-0.2, -0.15) is 13.2 Å². The SMILES string of the molecule is FC(F)(F)c1ccc2sc(-c3ccc(OCc4ccccc4)cc3)nc2c1. The molecule has 1 heterocycles. The number of rotatable bonds is 4. The third-order valence-corrected chi connectivity index (χ3v) is 5.15. The van der Waals surface area contributed by atoms with Crippen molar-refractivity contribution >= 4 is 21.6 Å². The molecule has 2 nitrogen and oxygen atoms in total. The summed E-state index contributed by atoms with van der Waals surface area (Å²) in [6.07, 6.45) is -4.37. The lowest BCUT2D eigenvalue weighted by atomic mass is 10.2. The zero-order valence-corrected chi connectivity index (χ0v) is 14.8. The Morgan fingerprint density at radius 2 is 1.63 bits per heavy atom. The Labute approximate surface area is 157 Å². The first-order chi connectivity index (χ1) is 13.0. The lowest BCUT2D eigenvalue weighted by Crippen LogP contribution is -2.03. The Balaban J connectivity index is 1.53. The van der Waals surface area contributed by atoms with Crippen LogP contribution in [-0.2, 0) is 12.8 Å². The van der Waals surface area contributed by atoms with Crippen LogP contribution in [0, 0.1) is 0 Å². The van der Waals surface area contributed by atoms with Gasteiger partial charge in [-0.3, -0.25) is 0 Å². The number of fused-ring (bicyclic) bond motifs is 1. The zero-order chi connectivity index (χ0) is 18.9. The van der Waals surface area contributed by atoms with E-state index in [4.69, 9.17) is 4.74 Å². The van der Waals surface area contributed by atoms with E-state index in [1.165, 1.54) is 17.4 Å². The highest BCUT2D eigenvalue weighted by Gasteiger charge is 2.30. The maximum Gasteiger partial charge on any atom is 0.416 e. The Bertz CT molecular complexity index is 1060. The van der Waals surface area contributed by atoms with E-state index in [1.54, 1.807) is 0 Å². The van der Waals surface area contributed by atoms with E-state index in [-0.39, 0.29) is 0 Å². The van der Waals surface area contributed by atoms with Gasteiger partial charge in [0.25, 0.3) is 0 Å². The van der Waals surface area contributed by atoms with E-state index in [1.807, 2.05) is 54.6 Å². The van der Waals surface area contributed by atoms with Gasteiger partial charge in [0.2, 0.25) is 0 Å². The smallest absolute Gasteiger partial charge is 0.416 e. The molecule has 0 aliphatic carbocycles. The average Bonchev–Trinajstić information content (AvgIpc) is 3.10. The van der Waals surface area contributed by atoms with Gasteiger partial charge >= 0.3 is 6.18 Å². The van der Waals surface area contributed by atoms with Crippen molar-refractivity contribution in [3.63, 3.8) is 0 Å². The van der Waals surface area contributed by atoms with Crippen LogP contribution in [0.1, 0.15) is 11.1 Å². The fraction of sp³-hybridized carbons (Fsp3) is 0.0952. The first kappa shape index (κ1) is 17.5. The number of thiazole rings is 1. The molecule has 4 aromatic rings. The lowest BCUT2D eigenvalue weighted by Gasteiger charge is -2.06. The van der Waals surface area contributed by atoms with E-state index < -0.39 is 11.7 Å². The molecule has 3 aromatic carbocycles. The van der Waals surface area contributed by atoms with E-state index in [0.717, 1.165) is 33.7 Å².